The molecule has 0 spiro atoms. The second kappa shape index (κ2) is 7.77. The molecule has 5 nitrogen and oxygen atoms in total. The predicted molar refractivity (Wildman–Crippen MR) is 110 cm³/mol. The summed E-state index contributed by atoms with van der Waals surface area (Å²) in [6.45, 7) is 4.27. The maximum atomic E-state index is 11.4. The Morgan fingerprint density at radius 3 is 2.69 bits per heavy atom. The molecule has 1 aromatic carbocycles. The average Bonchev–Trinajstić information content (AvgIpc) is 3.03. The molecule has 0 aliphatic rings. The number of thioether (sulfide) groups is 1. The Hall–Kier alpha value is -1.90. The SMILES string of the molecule is CC(C)Sc1cc(-c2nc(-c3cccc(NS(C)(=O)=O)c3)cs2)ccn1. The number of pyridine rings is 1. The van der Waals surface area contributed by atoms with Crippen molar-refractivity contribution in [1.29, 1.82) is 0 Å². The molecule has 0 unspecified atom stereocenters. The summed E-state index contributed by atoms with van der Waals surface area (Å²) in [5, 5.41) is 4.34. The highest BCUT2D eigenvalue weighted by Crippen LogP contribution is 2.32. The van der Waals surface area contributed by atoms with Crippen LogP contribution in [0.5, 0.6) is 0 Å². The molecule has 0 saturated carbocycles. The smallest absolute Gasteiger partial charge is 0.229 e. The number of benzene rings is 1. The van der Waals surface area contributed by atoms with E-state index in [4.69, 9.17) is 4.98 Å². The first-order valence-corrected chi connectivity index (χ1v) is 11.6. The lowest BCUT2D eigenvalue weighted by Crippen LogP contribution is -2.09. The summed E-state index contributed by atoms with van der Waals surface area (Å²) in [6, 6.07) is 11.2. The fraction of sp³-hybridized carbons (Fsp3) is 0.222. The topological polar surface area (TPSA) is 72.0 Å². The van der Waals surface area contributed by atoms with Gasteiger partial charge < -0.3 is 0 Å². The normalized spacial score (nSPS) is 11.7. The van der Waals surface area contributed by atoms with Crippen molar-refractivity contribution >= 4 is 38.8 Å². The van der Waals surface area contributed by atoms with Crippen molar-refractivity contribution in [3.05, 3.63) is 48.0 Å². The van der Waals surface area contributed by atoms with Crippen LogP contribution in [0.2, 0.25) is 0 Å². The van der Waals surface area contributed by atoms with Gasteiger partial charge in [-0.3, -0.25) is 4.72 Å². The molecule has 1 N–H and O–H groups in total. The number of rotatable bonds is 6. The Balaban J connectivity index is 1.88. The minimum atomic E-state index is -3.31. The molecule has 0 aliphatic heterocycles. The van der Waals surface area contributed by atoms with Crippen LogP contribution in [-0.2, 0) is 10.0 Å². The lowest BCUT2D eigenvalue weighted by Gasteiger charge is -2.05. The van der Waals surface area contributed by atoms with Gasteiger partial charge in [-0.15, -0.1) is 23.1 Å². The number of nitrogens with zero attached hydrogens (tertiary/aromatic N) is 2. The van der Waals surface area contributed by atoms with E-state index in [0.29, 0.717) is 10.9 Å². The highest BCUT2D eigenvalue weighted by atomic mass is 32.2. The van der Waals surface area contributed by atoms with Crippen LogP contribution >= 0.6 is 23.1 Å². The molecule has 26 heavy (non-hydrogen) atoms. The molecule has 0 bridgehead atoms. The van der Waals surface area contributed by atoms with E-state index in [0.717, 1.165) is 33.1 Å². The van der Waals surface area contributed by atoms with Gasteiger partial charge in [-0.05, 0) is 24.3 Å². The number of hydrogen-bond acceptors (Lipinski definition) is 6. The quantitative estimate of drug-likeness (QED) is 0.600. The van der Waals surface area contributed by atoms with E-state index < -0.39 is 10.0 Å². The Bertz CT molecular complexity index is 1010. The number of hydrogen-bond donors (Lipinski definition) is 1. The highest BCUT2D eigenvalue weighted by molar-refractivity contribution is 7.99. The van der Waals surface area contributed by atoms with E-state index in [-0.39, 0.29) is 0 Å². The van der Waals surface area contributed by atoms with Crippen LogP contribution in [0.25, 0.3) is 21.8 Å². The Kier molecular flexibility index (Phi) is 5.64. The van der Waals surface area contributed by atoms with Crippen molar-refractivity contribution in [3.8, 4) is 21.8 Å². The second-order valence-electron chi connectivity index (χ2n) is 6.04. The van der Waals surface area contributed by atoms with E-state index in [1.54, 1.807) is 41.4 Å². The van der Waals surface area contributed by atoms with E-state index in [2.05, 4.69) is 29.6 Å². The van der Waals surface area contributed by atoms with Crippen LogP contribution in [0.15, 0.2) is 53.0 Å². The van der Waals surface area contributed by atoms with Crippen LogP contribution < -0.4 is 4.72 Å². The first-order chi connectivity index (χ1) is 12.3. The van der Waals surface area contributed by atoms with Gasteiger partial charge in [-0.25, -0.2) is 18.4 Å². The van der Waals surface area contributed by atoms with Crippen molar-refractivity contribution in [2.24, 2.45) is 0 Å². The molecule has 2 aromatic heterocycles. The minimum absolute atomic E-state index is 0.467. The fourth-order valence-corrected chi connectivity index (χ4v) is 4.52. The van der Waals surface area contributed by atoms with Gasteiger partial charge in [0, 0.05) is 33.6 Å². The molecule has 0 radical (unpaired) electrons. The van der Waals surface area contributed by atoms with E-state index in [1.807, 2.05) is 23.6 Å². The van der Waals surface area contributed by atoms with Crippen LogP contribution in [-0.4, -0.2) is 29.9 Å². The molecule has 0 saturated heterocycles. The molecular weight excluding hydrogens is 386 g/mol. The number of nitrogens with one attached hydrogen (secondary N) is 1. The van der Waals surface area contributed by atoms with Crippen molar-refractivity contribution in [1.82, 2.24) is 9.97 Å². The number of aromatic nitrogens is 2. The first kappa shape index (κ1) is 18.9. The van der Waals surface area contributed by atoms with Crippen LogP contribution in [0.1, 0.15) is 13.8 Å². The van der Waals surface area contributed by atoms with Crippen LogP contribution in [0, 0.1) is 0 Å². The van der Waals surface area contributed by atoms with Crippen molar-refractivity contribution in [2.45, 2.75) is 24.1 Å². The molecular formula is C18H19N3O2S3. The number of anilines is 1. The molecule has 2 heterocycles. The van der Waals surface area contributed by atoms with Crippen molar-refractivity contribution < 1.29 is 8.42 Å². The molecule has 0 aliphatic carbocycles. The molecule has 0 atom stereocenters. The maximum Gasteiger partial charge on any atom is 0.229 e. The Labute approximate surface area is 162 Å². The van der Waals surface area contributed by atoms with E-state index in [1.165, 1.54) is 0 Å². The van der Waals surface area contributed by atoms with Gasteiger partial charge in [0.25, 0.3) is 0 Å². The average molecular weight is 406 g/mol. The minimum Gasteiger partial charge on any atom is -0.284 e. The summed E-state index contributed by atoms with van der Waals surface area (Å²) >= 11 is 3.28. The third kappa shape index (κ3) is 5.06. The van der Waals surface area contributed by atoms with Gasteiger partial charge in [-0.2, -0.15) is 0 Å². The highest BCUT2D eigenvalue weighted by Gasteiger charge is 2.10. The molecule has 136 valence electrons. The van der Waals surface area contributed by atoms with Crippen LogP contribution in [0.4, 0.5) is 5.69 Å². The predicted octanol–water partition coefficient (Wildman–Crippen LogP) is 4.74. The molecule has 8 heteroatoms. The van der Waals surface area contributed by atoms with Gasteiger partial charge in [-0.1, -0.05) is 26.0 Å². The van der Waals surface area contributed by atoms with Crippen molar-refractivity contribution in [2.75, 3.05) is 11.0 Å². The van der Waals surface area contributed by atoms with Gasteiger partial charge in [0.05, 0.1) is 17.0 Å². The maximum absolute atomic E-state index is 11.4. The van der Waals surface area contributed by atoms with E-state index >= 15 is 0 Å². The summed E-state index contributed by atoms with van der Waals surface area (Å²) in [6.07, 6.45) is 2.94. The lowest BCUT2D eigenvalue weighted by atomic mass is 10.1. The zero-order chi connectivity index (χ0) is 18.7. The van der Waals surface area contributed by atoms with Gasteiger partial charge in [0.2, 0.25) is 10.0 Å². The third-order valence-corrected chi connectivity index (χ3v) is 5.74. The monoisotopic (exact) mass is 405 g/mol. The molecule has 3 rings (SSSR count). The zero-order valence-corrected chi connectivity index (χ0v) is 17.1. The van der Waals surface area contributed by atoms with Gasteiger partial charge >= 0.3 is 0 Å². The summed E-state index contributed by atoms with van der Waals surface area (Å²) < 4.78 is 25.3. The summed E-state index contributed by atoms with van der Waals surface area (Å²) in [5.41, 5.74) is 3.24. The molecule has 0 fully saturated rings. The summed E-state index contributed by atoms with van der Waals surface area (Å²) in [5.74, 6) is 0. The number of sulfonamides is 1. The zero-order valence-electron chi connectivity index (χ0n) is 14.6. The largest absolute Gasteiger partial charge is 0.284 e. The van der Waals surface area contributed by atoms with E-state index in [9.17, 15) is 8.42 Å². The van der Waals surface area contributed by atoms with Gasteiger partial charge in [0.15, 0.2) is 0 Å². The third-order valence-electron chi connectivity index (χ3n) is 3.30. The standard InChI is InChI=1S/C18H19N3O2S3/c1-12(2)25-17-10-14(7-8-19-17)18-20-16(11-24-18)13-5-4-6-15(9-13)21-26(3,22)23/h4-12,21H,1-3H3. The first-order valence-electron chi connectivity index (χ1n) is 7.97. The fourth-order valence-electron chi connectivity index (χ4n) is 2.34. The summed E-state index contributed by atoms with van der Waals surface area (Å²) in [7, 11) is -3.31. The van der Waals surface area contributed by atoms with Gasteiger partial charge in [0.1, 0.15) is 5.01 Å². The molecule has 0 amide bonds. The Morgan fingerprint density at radius 1 is 1.15 bits per heavy atom. The lowest BCUT2D eigenvalue weighted by molar-refractivity contribution is 0.607. The van der Waals surface area contributed by atoms with Crippen LogP contribution in [0.3, 0.4) is 0 Å². The second-order valence-corrected chi connectivity index (χ2v) is 10.2. The van der Waals surface area contributed by atoms with Crippen molar-refractivity contribution in [3.63, 3.8) is 0 Å². The number of thiazole rings is 1. The summed E-state index contributed by atoms with van der Waals surface area (Å²) in [4.78, 5) is 9.10. The molecule has 3 aromatic rings. The Morgan fingerprint density at radius 2 is 1.96 bits per heavy atom.